The summed E-state index contributed by atoms with van der Waals surface area (Å²) < 4.78 is 8.97. The zero-order valence-electron chi connectivity index (χ0n) is 18.4. The zero-order valence-corrected chi connectivity index (χ0v) is 19.1. The van der Waals surface area contributed by atoms with E-state index < -0.39 is 11.9 Å². The van der Waals surface area contributed by atoms with Gasteiger partial charge in [-0.25, -0.2) is 0 Å². The number of anilines is 2. The lowest BCUT2D eigenvalue weighted by Gasteiger charge is -2.15. The highest BCUT2D eigenvalue weighted by Gasteiger charge is 2.19. The maximum absolute atomic E-state index is 12.7. The lowest BCUT2D eigenvalue weighted by Crippen LogP contribution is -2.25. The molecule has 0 fully saturated rings. The number of amides is 2. The fourth-order valence-electron chi connectivity index (χ4n) is 3.41. The number of aryl methyl sites for hydroxylation is 2. The van der Waals surface area contributed by atoms with Crippen molar-refractivity contribution in [2.45, 2.75) is 33.4 Å². The molecule has 33 heavy (non-hydrogen) atoms. The first-order chi connectivity index (χ1) is 15.8. The third kappa shape index (κ3) is 5.15. The van der Waals surface area contributed by atoms with Crippen molar-refractivity contribution in [3.8, 4) is 0 Å². The molecule has 0 aliphatic carbocycles. The van der Waals surface area contributed by atoms with E-state index in [0.29, 0.717) is 28.7 Å². The Kier molecular flexibility index (Phi) is 6.32. The van der Waals surface area contributed by atoms with Gasteiger partial charge in [-0.2, -0.15) is 10.2 Å². The van der Waals surface area contributed by atoms with Crippen LogP contribution in [0.4, 0.5) is 11.4 Å². The summed E-state index contributed by atoms with van der Waals surface area (Å²) >= 11 is 6.35. The average molecular weight is 467 g/mol. The highest BCUT2D eigenvalue weighted by molar-refractivity contribution is 6.34. The molecule has 1 unspecified atom stereocenters. The average Bonchev–Trinajstić information content (AvgIpc) is 3.52. The topological polar surface area (TPSA) is 107 Å². The molecule has 3 heterocycles. The number of hydrogen-bond acceptors (Lipinski definition) is 5. The summed E-state index contributed by atoms with van der Waals surface area (Å²) in [5.74, 6) is 0.119. The Morgan fingerprint density at radius 2 is 1.97 bits per heavy atom. The molecule has 0 aliphatic rings. The van der Waals surface area contributed by atoms with Crippen LogP contribution in [0.5, 0.6) is 0 Å². The number of rotatable bonds is 7. The van der Waals surface area contributed by atoms with Gasteiger partial charge >= 0.3 is 0 Å². The minimum absolute atomic E-state index is 0.171. The van der Waals surface area contributed by atoms with Crippen LogP contribution in [0.3, 0.4) is 0 Å². The predicted octanol–water partition coefficient (Wildman–Crippen LogP) is 4.44. The summed E-state index contributed by atoms with van der Waals surface area (Å²) in [6.07, 6.45) is 3.48. The van der Waals surface area contributed by atoms with Crippen LogP contribution in [0.25, 0.3) is 0 Å². The summed E-state index contributed by atoms with van der Waals surface area (Å²) in [6, 6.07) is 11.4. The van der Waals surface area contributed by atoms with E-state index in [0.717, 1.165) is 11.4 Å². The van der Waals surface area contributed by atoms with Crippen LogP contribution in [0.1, 0.15) is 40.7 Å². The van der Waals surface area contributed by atoms with Crippen molar-refractivity contribution in [1.29, 1.82) is 0 Å². The predicted molar refractivity (Wildman–Crippen MR) is 124 cm³/mol. The van der Waals surface area contributed by atoms with E-state index in [-0.39, 0.29) is 11.7 Å². The summed E-state index contributed by atoms with van der Waals surface area (Å²) in [5.41, 5.74) is 2.65. The molecule has 10 heteroatoms. The van der Waals surface area contributed by atoms with Gasteiger partial charge in [0.1, 0.15) is 11.8 Å². The first kappa shape index (κ1) is 22.3. The minimum atomic E-state index is -0.510. The molecule has 0 spiro atoms. The summed E-state index contributed by atoms with van der Waals surface area (Å²) in [6.45, 7) is 5.96. The van der Waals surface area contributed by atoms with Crippen molar-refractivity contribution in [1.82, 2.24) is 19.6 Å². The fourth-order valence-corrected chi connectivity index (χ4v) is 3.64. The number of benzene rings is 1. The summed E-state index contributed by atoms with van der Waals surface area (Å²) in [7, 11) is 0. The van der Waals surface area contributed by atoms with Crippen molar-refractivity contribution < 1.29 is 14.0 Å². The molecule has 170 valence electrons. The quantitative estimate of drug-likeness (QED) is 0.418. The fraction of sp³-hybridized carbons (Fsp3) is 0.217. The molecule has 4 aromatic rings. The number of hydrogen-bond donors (Lipinski definition) is 2. The van der Waals surface area contributed by atoms with Gasteiger partial charge < -0.3 is 15.1 Å². The van der Waals surface area contributed by atoms with Gasteiger partial charge in [0.25, 0.3) is 5.91 Å². The smallest absolute Gasteiger partial charge is 0.291 e. The van der Waals surface area contributed by atoms with Crippen LogP contribution in [0, 0.1) is 13.8 Å². The first-order valence-corrected chi connectivity index (χ1v) is 10.7. The molecule has 0 radical (unpaired) electrons. The minimum Gasteiger partial charge on any atom is -0.454 e. The van der Waals surface area contributed by atoms with E-state index in [4.69, 9.17) is 16.0 Å². The van der Waals surface area contributed by atoms with Crippen LogP contribution < -0.4 is 10.6 Å². The van der Waals surface area contributed by atoms with Crippen molar-refractivity contribution in [2.75, 3.05) is 10.6 Å². The van der Waals surface area contributed by atoms with Crippen molar-refractivity contribution >= 4 is 34.8 Å². The Balaban J connectivity index is 1.39. The molecule has 0 saturated carbocycles. The molecular weight excluding hydrogens is 444 g/mol. The van der Waals surface area contributed by atoms with Crippen LogP contribution in [-0.4, -0.2) is 31.4 Å². The highest BCUT2D eigenvalue weighted by Crippen LogP contribution is 2.27. The van der Waals surface area contributed by atoms with Crippen LogP contribution in [0.15, 0.2) is 59.3 Å². The van der Waals surface area contributed by atoms with E-state index in [1.807, 2.05) is 32.2 Å². The number of carbonyl (C=O) groups excluding carboxylic acids is 2. The van der Waals surface area contributed by atoms with Crippen molar-refractivity contribution in [3.05, 3.63) is 82.8 Å². The molecule has 2 amide bonds. The van der Waals surface area contributed by atoms with Crippen molar-refractivity contribution in [2.24, 2.45) is 0 Å². The maximum atomic E-state index is 12.7. The van der Waals surface area contributed by atoms with Crippen LogP contribution in [0.2, 0.25) is 5.02 Å². The SMILES string of the molecule is Cc1cc(C)n(C(C)C(=O)Nc2ccc(NC(=O)c3ccc(Cn4cccn4)o3)cc2Cl)n1. The van der Waals surface area contributed by atoms with Gasteiger partial charge in [-0.3, -0.25) is 19.0 Å². The number of aromatic nitrogens is 4. The van der Waals surface area contributed by atoms with E-state index >= 15 is 0 Å². The van der Waals surface area contributed by atoms with E-state index in [1.54, 1.807) is 52.8 Å². The number of furan rings is 1. The van der Waals surface area contributed by atoms with Gasteiger partial charge in [-0.1, -0.05) is 11.6 Å². The second-order valence-corrected chi connectivity index (χ2v) is 8.06. The normalized spacial score (nSPS) is 11.9. The van der Waals surface area contributed by atoms with Gasteiger partial charge in [-0.05, 0) is 63.2 Å². The first-order valence-electron chi connectivity index (χ1n) is 10.3. The highest BCUT2D eigenvalue weighted by atomic mass is 35.5. The Hall–Kier alpha value is -3.85. The number of halogens is 1. The maximum Gasteiger partial charge on any atom is 0.291 e. The monoisotopic (exact) mass is 466 g/mol. The third-order valence-electron chi connectivity index (χ3n) is 5.04. The standard InChI is InChI=1S/C23H23ClN6O3/c1-14-11-15(2)30(28-14)16(3)22(31)27-20-7-5-17(12-19(20)24)26-23(32)21-8-6-18(33-21)13-29-10-4-9-25-29/h4-12,16H,13H2,1-3H3,(H,26,32)(H,27,31). The molecule has 3 aromatic heterocycles. The molecule has 0 bridgehead atoms. The summed E-state index contributed by atoms with van der Waals surface area (Å²) in [5, 5.41) is 14.3. The number of nitrogens with one attached hydrogen (secondary N) is 2. The van der Waals surface area contributed by atoms with E-state index in [1.165, 1.54) is 0 Å². The molecule has 0 saturated heterocycles. The second kappa shape index (κ2) is 9.33. The molecule has 2 N–H and O–H groups in total. The summed E-state index contributed by atoms with van der Waals surface area (Å²) in [4.78, 5) is 25.2. The molecule has 4 rings (SSSR count). The molecule has 1 aromatic carbocycles. The number of carbonyl (C=O) groups is 2. The van der Waals surface area contributed by atoms with Crippen LogP contribution >= 0.6 is 11.6 Å². The van der Waals surface area contributed by atoms with Crippen LogP contribution in [-0.2, 0) is 11.3 Å². The lowest BCUT2D eigenvalue weighted by atomic mass is 10.2. The Morgan fingerprint density at radius 3 is 2.64 bits per heavy atom. The zero-order chi connectivity index (χ0) is 23.5. The van der Waals surface area contributed by atoms with Gasteiger partial charge in [0, 0.05) is 23.8 Å². The molecule has 1 atom stereocenters. The largest absolute Gasteiger partial charge is 0.454 e. The lowest BCUT2D eigenvalue weighted by molar-refractivity contribution is -0.119. The van der Waals surface area contributed by atoms with Gasteiger partial charge in [0.05, 0.1) is 22.9 Å². The van der Waals surface area contributed by atoms with E-state index in [2.05, 4.69) is 20.8 Å². The molecular formula is C23H23ClN6O3. The van der Waals surface area contributed by atoms with Gasteiger partial charge in [0.2, 0.25) is 5.91 Å². The Labute approximate surface area is 195 Å². The molecule has 0 aliphatic heterocycles. The molecule has 9 nitrogen and oxygen atoms in total. The van der Waals surface area contributed by atoms with E-state index in [9.17, 15) is 9.59 Å². The Morgan fingerprint density at radius 1 is 1.15 bits per heavy atom. The second-order valence-electron chi connectivity index (χ2n) is 7.66. The van der Waals surface area contributed by atoms with Crippen molar-refractivity contribution in [3.63, 3.8) is 0 Å². The van der Waals surface area contributed by atoms with Gasteiger partial charge in [-0.15, -0.1) is 0 Å². The number of nitrogens with zero attached hydrogens (tertiary/aromatic N) is 4. The third-order valence-corrected chi connectivity index (χ3v) is 5.35. The Bertz CT molecular complexity index is 1290. The van der Waals surface area contributed by atoms with Gasteiger partial charge in [0.15, 0.2) is 5.76 Å².